The number of carbonyl (C=O) groups excluding carboxylic acids is 4. The highest BCUT2D eigenvalue weighted by Crippen LogP contribution is 2.46. The number of sulfonamides is 1. The van der Waals surface area contributed by atoms with E-state index in [1.54, 1.807) is 40.0 Å². The van der Waals surface area contributed by atoms with Crippen molar-refractivity contribution in [3.05, 3.63) is 67.3 Å². The summed E-state index contributed by atoms with van der Waals surface area (Å²) in [6, 6.07) is 14.5. The maximum absolute atomic E-state index is 14.6. The standard InChI is InChI=1S/C41H51N5O9S/c1-7-9-19-54-39(50)43-35(40(3,4)5)37(48)46-24-28(21-33(46)36(47)44-41(23-26(41)8-2)38(49)45-56(51,52)29-16-17-29)55-34-22-31(25-13-11-10-12-14-25)42-32-20-27(53-6)15-18-30(32)34/h8,10-15,18,20,22,26,28-29,33,35H,2,7,9,16-17,19,21,23-24H2,1,3-6H3,(H,43,50)(H,44,47)(H,45,49). The molecule has 56 heavy (non-hydrogen) atoms. The number of rotatable bonds is 15. The second-order valence-corrected chi connectivity index (χ2v) is 17.8. The molecule has 15 heteroatoms. The molecule has 2 aliphatic carbocycles. The van der Waals surface area contributed by atoms with Gasteiger partial charge in [0.15, 0.2) is 0 Å². The van der Waals surface area contributed by atoms with E-state index in [0.29, 0.717) is 47.4 Å². The van der Waals surface area contributed by atoms with Crippen LogP contribution in [0.4, 0.5) is 4.79 Å². The maximum Gasteiger partial charge on any atom is 0.407 e. The Balaban J connectivity index is 1.33. The van der Waals surface area contributed by atoms with Crippen LogP contribution in [0.2, 0.25) is 0 Å². The molecule has 1 aromatic heterocycles. The van der Waals surface area contributed by atoms with Crippen molar-refractivity contribution in [2.45, 2.75) is 95.2 Å². The predicted molar refractivity (Wildman–Crippen MR) is 210 cm³/mol. The third-order valence-corrected chi connectivity index (χ3v) is 12.4. The topological polar surface area (TPSA) is 182 Å². The number of methoxy groups -OCH3 is 1. The van der Waals surface area contributed by atoms with Gasteiger partial charge in [-0.3, -0.25) is 19.1 Å². The number of unbranched alkanes of at least 4 members (excludes halogenated alkanes) is 1. The van der Waals surface area contributed by atoms with Crippen LogP contribution < -0.4 is 24.8 Å². The predicted octanol–water partition coefficient (Wildman–Crippen LogP) is 4.87. The fourth-order valence-corrected chi connectivity index (χ4v) is 8.38. The molecule has 0 bridgehead atoms. The second kappa shape index (κ2) is 16.1. The van der Waals surface area contributed by atoms with Gasteiger partial charge in [0, 0.05) is 35.4 Å². The number of aromatic nitrogens is 1. The number of benzene rings is 2. The number of nitrogens with zero attached hydrogens (tertiary/aromatic N) is 2. The van der Waals surface area contributed by atoms with Gasteiger partial charge in [-0.25, -0.2) is 18.2 Å². The SMILES string of the molecule is C=CC1CC1(NC(=O)C1CC(Oc2cc(-c3ccccc3)nc3cc(OC)ccc23)CN1C(=O)C(NC(=O)OCCCC)C(C)(C)C)C(=O)NS(=O)(=O)C1CC1. The Morgan fingerprint density at radius 2 is 1.82 bits per heavy atom. The first-order valence-electron chi connectivity index (χ1n) is 19.1. The van der Waals surface area contributed by atoms with E-state index in [1.807, 2.05) is 49.4 Å². The molecule has 0 spiro atoms. The quantitative estimate of drug-likeness (QED) is 0.142. The van der Waals surface area contributed by atoms with Crippen LogP contribution in [0.25, 0.3) is 22.2 Å². The number of pyridine rings is 1. The summed E-state index contributed by atoms with van der Waals surface area (Å²) in [6.07, 6.45) is 2.55. The van der Waals surface area contributed by atoms with E-state index in [4.69, 9.17) is 19.2 Å². The van der Waals surface area contributed by atoms with Gasteiger partial charge in [0.25, 0.3) is 5.91 Å². The molecule has 300 valence electrons. The van der Waals surface area contributed by atoms with Gasteiger partial charge < -0.3 is 29.7 Å². The largest absolute Gasteiger partial charge is 0.497 e. The summed E-state index contributed by atoms with van der Waals surface area (Å²) in [4.78, 5) is 61.8. The lowest BCUT2D eigenvalue weighted by Crippen LogP contribution is -2.60. The molecule has 0 radical (unpaired) electrons. The molecule has 5 unspecified atom stereocenters. The Hall–Kier alpha value is -5.18. The van der Waals surface area contributed by atoms with Gasteiger partial charge in [-0.2, -0.15) is 0 Å². The smallest absolute Gasteiger partial charge is 0.407 e. The number of nitrogens with one attached hydrogen (secondary N) is 3. The zero-order valence-corrected chi connectivity index (χ0v) is 33.3. The highest BCUT2D eigenvalue weighted by molar-refractivity contribution is 7.91. The summed E-state index contributed by atoms with van der Waals surface area (Å²) >= 11 is 0. The van der Waals surface area contributed by atoms with Crippen molar-refractivity contribution in [2.24, 2.45) is 11.3 Å². The number of hydrogen-bond donors (Lipinski definition) is 3. The van der Waals surface area contributed by atoms with Gasteiger partial charge in [-0.1, -0.05) is 70.5 Å². The van der Waals surface area contributed by atoms with Crippen molar-refractivity contribution in [1.82, 2.24) is 25.2 Å². The van der Waals surface area contributed by atoms with Crippen LogP contribution in [-0.2, 0) is 29.1 Å². The van der Waals surface area contributed by atoms with Gasteiger partial charge in [0.1, 0.15) is 35.2 Å². The Morgan fingerprint density at radius 3 is 2.45 bits per heavy atom. The minimum atomic E-state index is -3.91. The van der Waals surface area contributed by atoms with Crippen molar-refractivity contribution in [2.75, 3.05) is 20.3 Å². The monoisotopic (exact) mass is 789 g/mol. The maximum atomic E-state index is 14.6. The third-order valence-electron chi connectivity index (χ3n) is 10.5. The van der Waals surface area contributed by atoms with Crippen LogP contribution in [0.15, 0.2) is 67.3 Å². The first-order chi connectivity index (χ1) is 26.6. The lowest BCUT2D eigenvalue weighted by atomic mass is 9.85. The lowest BCUT2D eigenvalue weighted by molar-refractivity contribution is -0.142. The fourth-order valence-electron chi connectivity index (χ4n) is 7.01. The molecular formula is C41H51N5O9S. The van der Waals surface area contributed by atoms with E-state index in [1.165, 1.54) is 11.0 Å². The molecule has 1 aliphatic heterocycles. The highest BCUT2D eigenvalue weighted by atomic mass is 32.2. The minimum Gasteiger partial charge on any atom is -0.497 e. The molecule has 5 atom stereocenters. The van der Waals surface area contributed by atoms with Gasteiger partial charge in [-0.05, 0) is 43.2 Å². The number of amides is 4. The molecule has 2 saturated carbocycles. The first-order valence-corrected chi connectivity index (χ1v) is 20.6. The van der Waals surface area contributed by atoms with Gasteiger partial charge >= 0.3 is 6.09 Å². The molecular weight excluding hydrogens is 739 g/mol. The molecule has 3 aromatic rings. The average molecular weight is 790 g/mol. The Labute approximate surface area is 327 Å². The Bertz CT molecular complexity index is 2100. The number of ether oxygens (including phenoxy) is 3. The van der Waals surface area contributed by atoms with Crippen LogP contribution in [0.3, 0.4) is 0 Å². The van der Waals surface area contributed by atoms with E-state index < -0.39 is 74.1 Å². The normalized spacial score (nSPS) is 22.4. The van der Waals surface area contributed by atoms with Crippen molar-refractivity contribution in [3.63, 3.8) is 0 Å². The molecule has 14 nitrogen and oxygen atoms in total. The zero-order chi connectivity index (χ0) is 40.4. The van der Waals surface area contributed by atoms with Gasteiger partial charge in [0.2, 0.25) is 21.8 Å². The summed E-state index contributed by atoms with van der Waals surface area (Å²) in [5.41, 5.74) is -0.282. The van der Waals surface area contributed by atoms with Crippen molar-refractivity contribution in [3.8, 4) is 22.8 Å². The molecule has 6 rings (SSSR count). The fraction of sp³-hybridized carbons (Fsp3) is 0.488. The highest BCUT2D eigenvalue weighted by Gasteiger charge is 2.62. The summed E-state index contributed by atoms with van der Waals surface area (Å²) in [6.45, 7) is 11.3. The molecule has 4 amide bonds. The Kier molecular flexibility index (Phi) is 11.7. The second-order valence-electron chi connectivity index (χ2n) is 15.9. The van der Waals surface area contributed by atoms with E-state index in [-0.39, 0.29) is 26.0 Å². The molecule has 2 aromatic carbocycles. The van der Waals surface area contributed by atoms with E-state index >= 15 is 0 Å². The van der Waals surface area contributed by atoms with Crippen LogP contribution in [0.5, 0.6) is 11.5 Å². The number of hydrogen-bond acceptors (Lipinski definition) is 10. The molecule has 2 heterocycles. The van der Waals surface area contributed by atoms with E-state index in [9.17, 15) is 27.6 Å². The van der Waals surface area contributed by atoms with Crippen LogP contribution in [0, 0.1) is 11.3 Å². The summed E-state index contributed by atoms with van der Waals surface area (Å²) in [5, 5.41) is 5.57. The van der Waals surface area contributed by atoms with E-state index in [0.717, 1.165) is 12.0 Å². The van der Waals surface area contributed by atoms with Crippen LogP contribution >= 0.6 is 0 Å². The van der Waals surface area contributed by atoms with Crippen LogP contribution in [0.1, 0.15) is 66.2 Å². The third kappa shape index (κ3) is 8.77. The number of alkyl carbamates (subject to hydrolysis) is 1. The van der Waals surface area contributed by atoms with Gasteiger partial charge in [-0.15, -0.1) is 6.58 Å². The van der Waals surface area contributed by atoms with Crippen molar-refractivity contribution in [1.29, 1.82) is 0 Å². The lowest BCUT2D eigenvalue weighted by Gasteiger charge is -2.35. The molecule has 3 N–H and O–H groups in total. The molecule has 3 fully saturated rings. The van der Waals surface area contributed by atoms with Crippen molar-refractivity contribution >= 4 is 44.7 Å². The molecule has 1 saturated heterocycles. The number of likely N-dealkylation sites (tertiary alicyclic amines) is 1. The summed E-state index contributed by atoms with van der Waals surface area (Å²) < 4.78 is 45.2. The average Bonchev–Trinajstić information content (AvgIpc) is 4.10. The minimum absolute atomic E-state index is 0.0207. The summed E-state index contributed by atoms with van der Waals surface area (Å²) in [7, 11) is -2.34. The molecule has 3 aliphatic rings. The zero-order valence-electron chi connectivity index (χ0n) is 32.5. The number of fused-ring (bicyclic) bond motifs is 1. The Morgan fingerprint density at radius 1 is 1.09 bits per heavy atom. The van der Waals surface area contributed by atoms with Crippen molar-refractivity contribution < 1.29 is 41.8 Å². The number of carbonyl (C=O) groups is 4. The summed E-state index contributed by atoms with van der Waals surface area (Å²) in [5.74, 6) is -1.52. The van der Waals surface area contributed by atoms with Gasteiger partial charge in [0.05, 0.1) is 36.7 Å². The first kappa shape index (κ1) is 40.5. The van der Waals surface area contributed by atoms with Crippen LogP contribution in [-0.4, -0.2) is 91.4 Å². The van der Waals surface area contributed by atoms with E-state index in [2.05, 4.69) is 21.9 Å².